The van der Waals surface area contributed by atoms with Gasteiger partial charge in [-0.3, -0.25) is 4.79 Å². The van der Waals surface area contributed by atoms with Crippen LogP contribution in [-0.2, 0) is 11.3 Å². The molecule has 8 nitrogen and oxygen atoms in total. The molecule has 0 radical (unpaired) electrons. The highest BCUT2D eigenvalue weighted by atomic mass is 32.2. The lowest BCUT2D eigenvalue weighted by molar-refractivity contribution is -0.123. The number of carbonyl (C=O) groups excluding carboxylic acids is 1. The maximum atomic E-state index is 14.1. The predicted molar refractivity (Wildman–Crippen MR) is 135 cm³/mol. The van der Waals surface area contributed by atoms with Gasteiger partial charge in [0.2, 0.25) is 5.91 Å². The molecule has 0 unspecified atom stereocenters. The summed E-state index contributed by atoms with van der Waals surface area (Å²) in [6.07, 6.45) is 5.32. The van der Waals surface area contributed by atoms with Crippen LogP contribution in [0.2, 0.25) is 0 Å². The average Bonchev–Trinajstić information content (AvgIpc) is 3.34. The molecule has 0 spiro atoms. The molecule has 2 aromatic carbocycles. The molecule has 1 aliphatic heterocycles. The Morgan fingerprint density at radius 3 is 2.83 bits per heavy atom. The zero-order valence-corrected chi connectivity index (χ0v) is 20.3. The van der Waals surface area contributed by atoms with E-state index in [1.54, 1.807) is 29.4 Å². The van der Waals surface area contributed by atoms with Crippen molar-refractivity contribution in [1.29, 1.82) is 0 Å². The third-order valence-electron chi connectivity index (χ3n) is 6.13. The first-order chi connectivity index (χ1) is 17.0. The number of hydrogen-bond acceptors (Lipinski definition) is 7. The maximum Gasteiger partial charge on any atom is 0.239 e. The summed E-state index contributed by atoms with van der Waals surface area (Å²) < 4.78 is 15.7. The third kappa shape index (κ3) is 4.98. The smallest absolute Gasteiger partial charge is 0.239 e. The topological polar surface area (TPSA) is 88.0 Å². The fourth-order valence-corrected chi connectivity index (χ4v) is 4.52. The van der Waals surface area contributed by atoms with E-state index in [1.807, 2.05) is 30.7 Å². The summed E-state index contributed by atoms with van der Waals surface area (Å²) in [4.78, 5) is 24.9. The summed E-state index contributed by atoms with van der Waals surface area (Å²) in [5, 5.41) is 11.6. The van der Waals surface area contributed by atoms with Gasteiger partial charge in [0.15, 0.2) is 5.65 Å². The molecule has 1 fully saturated rings. The predicted octanol–water partition coefficient (Wildman–Crippen LogP) is 3.08. The molecule has 3 heterocycles. The van der Waals surface area contributed by atoms with Gasteiger partial charge >= 0.3 is 0 Å². The Morgan fingerprint density at radius 2 is 2.06 bits per heavy atom. The van der Waals surface area contributed by atoms with Crippen molar-refractivity contribution in [1.82, 2.24) is 30.4 Å². The number of aryl methyl sites for hydroxylation is 1. The normalized spacial score (nSPS) is 16.0. The second kappa shape index (κ2) is 10.0. The molecule has 1 amide bonds. The molecule has 2 N–H and O–H groups in total. The van der Waals surface area contributed by atoms with Crippen LogP contribution in [0.4, 0.5) is 10.2 Å². The number of nitrogens with one attached hydrogen (secondary N) is 2. The van der Waals surface area contributed by atoms with E-state index in [-0.39, 0.29) is 17.8 Å². The highest BCUT2D eigenvalue weighted by Gasteiger charge is 2.27. The summed E-state index contributed by atoms with van der Waals surface area (Å²) >= 11 is 1.69. The number of aromatic nitrogens is 4. The third-order valence-corrected chi connectivity index (χ3v) is 6.88. The zero-order valence-electron chi connectivity index (χ0n) is 19.5. The summed E-state index contributed by atoms with van der Waals surface area (Å²) in [6, 6.07) is 12.8. The van der Waals surface area contributed by atoms with Crippen LogP contribution in [0, 0.1) is 12.7 Å². The van der Waals surface area contributed by atoms with Gasteiger partial charge in [0.05, 0.1) is 11.1 Å². The van der Waals surface area contributed by atoms with E-state index in [2.05, 4.69) is 42.7 Å². The fourth-order valence-electron chi connectivity index (χ4n) is 4.11. The number of hydrogen-bond donors (Lipinski definition) is 2. The Bertz CT molecular complexity index is 1360. The Labute approximate surface area is 206 Å². The maximum absolute atomic E-state index is 14.1. The van der Waals surface area contributed by atoms with Crippen LogP contribution in [0.15, 0.2) is 59.9 Å². The molecular formula is C25H26FN7OS. The van der Waals surface area contributed by atoms with Crippen molar-refractivity contribution in [3.05, 3.63) is 71.9 Å². The van der Waals surface area contributed by atoms with Crippen LogP contribution in [0.25, 0.3) is 16.7 Å². The van der Waals surface area contributed by atoms with Crippen LogP contribution >= 0.6 is 11.8 Å². The van der Waals surface area contributed by atoms with E-state index < -0.39 is 0 Å². The van der Waals surface area contributed by atoms with Gasteiger partial charge in [-0.25, -0.2) is 19.0 Å². The van der Waals surface area contributed by atoms with Crippen LogP contribution in [0.5, 0.6) is 0 Å². The first kappa shape index (κ1) is 23.3. The Morgan fingerprint density at radius 1 is 1.23 bits per heavy atom. The highest BCUT2D eigenvalue weighted by molar-refractivity contribution is 7.98. The van der Waals surface area contributed by atoms with Crippen LogP contribution in [0.3, 0.4) is 0 Å². The molecule has 0 bridgehead atoms. The highest BCUT2D eigenvalue weighted by Crippen LogP contribution is 2.25. The molecule has 5 rings (SSSR count). The number of benzene rings is 2. The number of carbonyl (C=O) groups is 1. The van der Waals surface area contributed by atoms with Crippen molar-refractivity contribution < 1.29 is 9.18 Å². The molecule has 1 saturated heterocycles. The van der Waals surface area contributed by atoms with Gasteiger partial charge < -0.3 is 15.5 Å². The fraction of sp³-hybridized carbons (Fsp3) is 0.280. The molecule has 0 saturated carbocycles. The van der Waals surface area contributed by atoms with E-state index in [4.69, 9.17) is 0 Å². The Hall–Kier alpha value is -3.50. The lowest BCUT2D eigenvalue weighted by Crippen LogP contribution is -2.57. The molecule has 180 valence electrons. The first-order valence-corrected chi connectivity index (χ1v) is 12.6. The number of fused-ring (bicyclic) bond motifs is 1. The molecule has 2 aromatic heterocycles. The number of halogens is 1. The number of piperazine rings is 1. The van der Waals surface area contributed by atoms with E-state index in [0.717, 1.165) is 10.9 Å². The number of thioether (sulfide) groups is 1. The Balaban J connectivity index is 1.31. The molecule has 4 aromatic rings. The van der Waals surface area contributed by atoms with Crippen molar-refractivity contribution in [3.63, 3.8) is 0 Å². The van der Waals surface area contributed by atoms with Gasteiger partial charge in [-0.05, 0) is 48.6 Å². The van der Waals surface area contributed by atoms with Gasteiger partial charge in [0, 0.05) is 37.3 Å². The lowest BCUT2D eigenvalue weighted by atomic mass is 10.1. The average molecular weight is 492 g/mol. The van der Waals surface area contributed by atoms with E-state index >= 15 is 0 Å². The summed E-state index contributed by atoms with van der Waals surface area (Å²) in [5.74, 6) is 0.366. The molecule has 10 heteroatoms. The monoisotopic (exact) mass is 491 g/mol. The molecular weight excluding hydrogens is 465 g/mol. The minimum atomic E-state index is -0.375. The Kier molecular flexibility index (Phi) is 6.65. The van der Waals surface area contributed by atoms with Crippen molar-refractivity contribution in [3.8, 4) is 5.69 Å². The second-order valence-corrected chi connectivity index (χ2v) is 9.34. The number of anilines is 1. The van der Waals surface area contributed by atoms with Crippen molar-refractivity contribution >= 4 is 34.5 Å². The first-order valence-electron chi connectivity index (χ1n) is 11.4. The second-order valence-electron chi connectivity index (χ2n) is 8.46. The minimum absolute atomic E-state index is 0.0558. The SMILES string of the molecule is CSc1ccc(CNC(=O)[C@@H]2CN(c3ncnc4nn(-c5ccc(C)c(F)c5)cc34)CCN2)cc1. The largest absolute Gasteiger partial charge is 0.353 e. The summed E-state index contributed by atoms with van der Waals surface area (Å²) in [7, 11) is 0. The molecule has 1 aliphatic rings. The zero-order chi connectivity index (χ0) is 24.4. The van der Waals surface area contributed by atoms with E-state index in [1.165, 1.54) is 17.3 Å². The van der Waals surface area contributed by atoms with Crippen molar-refractivity contribution in [2.24, 2.45) is 0 Å². The number of amides is 1. The minimum Gasteiger partial charge on any atom is -0.353 e. The molecule has 35 heavy (non-hydrogen) atoms. The van der Waals surface area contributed by atoms with E-state index in [9.17, 15) is 9.18 Å². The number of nitrogens with zero attached hydrogens (tertiary/aromatic N) is 5. The van der Waals surface area contributed by atoms with E-state index in [0.29, 0.717) is 48.9 Å². The lowest BCUT2D eigenvalue weighted by Gasteiger charge is -2.33. The summed E-state index contributed by atoms with van der Waals surface area (Å²) in [6.45, 7) is 4.00. The van der Waals surface area contributed by atoms with Gasteiger partial charge in [-0.2, -0.15) is 0 Å². The van der Waals surface area contributed by atoms with Gasteiger partial charge in [0.25, 0.3) is 0 Å². The van der Waals surface area contributed by atoms with Gasteiger partial charge in [-0.1, -0.05) is 18.2 Å². The van der Waals surface area contributed by atoms with Crippen molar-refractivity contribution in [2.75, 3.05) is 30.8 Å². The number of rotatable bonds is 6. The van der Waals surface area contributed by atoms with Gasteiger partial charge in [0.1, 0.15) is 24.0 Å². The summed E-state index contributed by atoms with van der Waals surface area (Å²) in [5.41, 5.74) is 2.76. The molecule has 1 atom stereocenters. The molecule has 0 aliphatic carbocycles. The van der Waals surface area contributed by atoms with Crippen LogP contribution < -0.4 is 15.5 Å². The standard InChI is InChI=1S/C25H26FN7OS/c1-16-3-6-18(11-21(16)26)33-13-20-23(31-33)29-15-30-24(20)32-10-9-27-22(14-32)25(34)28-12-17-4-7-19(35-2)8-5-17/h3-8,11,13,15,22,27H,9-10,12,14H2,1-2H3,(H,28,34)/t22-/m0/s1. The van der Waals surface area contributed by atoms with Gasteiger partial charge in [-0.15, -0.1) is 16.9 Å². The quantitative estimate of drug-likeness (QED) is 0.401. The van der Waals surface area contributed by atoms with Crippen LogP contribution in [0.1, 0.15) is 11.1 Å². The van der Waals surface area contributed by atoms with Crippen LogP contribution in [-0.4, -0.2) is 57.6 Å². The van der Waals surface area contributed by atoms with Crippen molar-refractivity contribution in [2.45, 2.75) is 24.4 Å².